The molecular formula is C19H24N2O3. The smallest absolute Gasteiger partial charge is 0.328 e. The van der Waals surface area contributed by atoms with Crippen molar-refractivity contribution in [1.29, 1.82) is 0 Å². The Morgan fingerprint density at radius 3 is 2.62 bits per heavy atom. The maximum Gasteiger partial charge on any atom is 0.328 e. The number of benzene rings is 1. The summed E-state index contributed by atoms with van der Waals surface area (Å²) >= 11 is 0. The summed E-state index contributed by atoms with van der Waals surface area (Å²) in [4.78, 5) is 23.4. The molecule has 5 heteroatoms. The predicted molar refractivity (Wildman–Crippen MR) is 94.8 cm³/mol. The van der Waals surface area contributed by atoms with Gasteiger partial charge >= 0.3 is 5.97 Å². The van der Waals surface area contributed by atoms with E-state index in [1.54, 1.807) is 0 Å². The summed E-state index contributed by atoms with van der Waals surface area (Å²) in [6.07, 6.45) is 4.27. The number of hydrogen-bond donors (Lipinski definition) is 1. The summed E-state index contributed by atoms with van der Waals surface area (Å²) in [5.74, 6) is -0.717. The van der Waals surface area contributed by atoms with Gasteiger partial charge in [-0.1, -0.05) is 24.3 Å². The van der Waals surface area contributed by atoms with Crippen LogP contribution in [0.25, 0.3) is 10.9 Å². The third kappa shape index (κ3) is 3.50. The average Bonchev–Trinajstić information content (AvgIpc) is 2.93. The number of para-hydroxylation sites is 1. The van der Waals surface area contributed by atoms with Gasteiger partial charge in [0.1, 0.15) is 6.04 Å². The molecule has 1 atom stereocenters. The third-order valence-electron chi connectivity index (χ3n) is 4.20. The second-order valence-electron chi connectivity index (χ2n) is 6.38. The van der Waals surface area contributed by atoms with Crippen molar-refractivity contribution in [2.45, 2.75) is 38.8 Å². The van der Waals surface area contributed by atoms with E-state index in [4.69, 9.17) is 4.74 Å². The molecule has 0 radical (unpaired) electrons. The number of aromatic nitrogens is 1. The maximum absolute atomic E-state index is 12.0. The summed E-state index contributed by atoms with van der Waals surface area (Å²) < 4.78 is 6.95. The van der Waals surface area contributed by atoms with Crippen molar-refractivity contribution < 1.29 is 14.3 Å². The zero-order chi connectivity index (χ0) is 17.9. The number of methoxy groups -OCH3 is 1. The minimum atomic E-state index is -0.710. The van der Waals surface area contributed by atoms with E-state index in [0.717, 1.165) is 16.5 Å². The monoisotopic (exact) mass is 328 g/mol. The van der Waals surface area contributed by atoms with E-state index in [1.165, 1.54) is 14.0 Å². The molecule has 1 amide bonds. The molecule has 128 valence electrons. The van der Waals surface area contributed by atoms with Gasteiger partial charge in [-0.3, -0.25) is 4.79 Å². The SMILES string of the molecule is C=CC(C)(C)n1cc(C[C@H](NC(C)=O)C(=O)OC)c2ccccc21. The Hall–Kier alpha value is -2.56. The number of carbonyl (C=O) groups is 2. The summed E-state index contributed by atoms with van der Waals surface area (Å²) in [6.45, 7) is 9.45. The van der Waals surface area contributed by atoms with Crippen LogP contribution in [0.5, 0.6) is 0 Å². The number of carbonyl (C=O) groups excluding carboxylic acids is 2. The highest BCUT2D eigenvalue weighted by Gasteiger charge is 2.25. The van der Waals surface area contributed by atoms with Crippen LogP contribution in [0.3, 0.4) is 0 Å². The van der Waals surface area contributed by atoms with Gasteiger partial charge < -0.3 is 14.6 Å². The fourth-order valence-corrected chi connectivity index (χ4v) is 2.79. The van der Waals surface area contributed by atoms with Gasteiger partial charge in [0.2, 0.25) is 5.91 Å². The molecule has 1 N–H and O–H groups in total. The molecule has 2 aromatic rings. The topological polar surface area (TPSA) is 60.3 Å². The first kappa shape index (κ1) is 17.8. The second-order valence-corrected chi connectivity index (χ2v) is 6.38. The number of nitrogens with one attached hydrogen (secondary N) is 1. The Kier molecular flexibility index (Phi) is 5.12. The number of hydrogen-bond acceptors (Lipinski definition) is 3. The van der Waals surface area contributed by atoms with Crippen LogP contribution in [0, 0.1) is 0 Å². The molecule has 1 aromatic heterocycles. The Bertz CT molecular complexity index is 774. The van der Waals surface area contributed by atoms with E-state index in [0.29, 0.717) is 6.42 Å². The number of nitrogens with zero attached hydrogens (tertiary/aromatic N) is 1. The van der Waals surface area contributed by atoms with Crippen molar-refractivity contribution in [3.05, 3.63) is 48.7 Å². The Morgan fingerprint density at radius 2 is 2.04 bits per heavy atom. The van der Waals surface area contributed by atoms with Crippen LogP contribution in [-0.4, -0.2) is 29.6 Å². The molecule has 24 heavy (non-hydrogen) atoms. The van der Waals surface area contributed by atoms with Gasteiger partial charge in [0.15, 0.2) is 0 Å². The van der Waals surface area contributed by atoms with Crippen LogP contribution in [0.1, 0.15) is 26.3 Å². The van der Waals surface area contributed by atoms with E-state index in [-0.39, 0.29) is 11.4 Å². The lowest BCUT2D eigenvalue weighted by atomic mass is 10.0. The minimum absolute atomic E-state index is 0.263. The quantitative estimate of drug-likeness (QED) is 0.655. The first-order valence-electron chi connectivity index (χ1n) is 7.88. The van der Waals surface area contributed by atoms with Gasteiger partial charge in [0.25, 0.3) is 0 Å². The lowest BCUT2D eigenvalue weighted by Gasteiger charge is -2.24. The zero-order valence-electron chi connectivity index (χ0n) is 14.6. The molecule has 1 aromatic carbocycles. The molecule has 0 aliphatic carbocycles. The normalized spacial score (nSPS) is 12.7. The van der Waals surface area contributed by atoms with Crippen LogP contribution in [0.4, 0.5) is 0 Å². The molecule has 2 rings (SSSR count). The molecule has 0 unspecified atom stereocenters. The van der Waals surface area contributed by atoms with Gasteiger partial charge in [-0.2, -0.15) is 0 Å². The first-order valence-corrected chi connectivity index (χ1v) is 7.88. The fourth-order valence-electron chi connectivity index (χ4n) is 2.79. The van der Waals surface area contributed by atoms with Crippen molar-refractivity contribution in [1.82, 2.24) is 9.88 Å². The molecule has 1 heterocycles. The number of fused-ring (bicyclic) bond motifs is 1. The van der Waals surface area contributed by atoms with Crippen LogP contribution >= 0.6 is 0 Å². The largest absolute Gasteiger partial charge is 0.467 e. The number of amides is 1. The zero-order valence-corrected chi connectivity index (χ0v) is 14.6. The summed E-state index contributed by atoms with van der Waals surface area (Å²) in [6, 6.07) is 7.28. The van der Waals surface area contributed by atoms with Crippen molar-refractivity contribution in [3.8, 4) is 0 Å². The molecule has 0 saturated carbocycles. The highest BCUT2D eigenvalue weighted by molar-refractivity contribution is 5.87. The van der Waals surface area contributed by atoms with Crippen molar-refractivity contribution >= 4 is 22.8 Å². The molecule has 0 aliphatic rings. The molecule has 0 fully saturated rings. The Labute approximate surface area is 142 Å². The molecular weight excluding hydrogens is 304 g/mol. The van der Waals surface area contributed by atoms with E-state index in [2.05, 4.69) is 30.3 Å². The number of allylic oxidation sites excluding steroid dienone is 1. The third-order valence-corrected chi connectivity index (χ3v) is 4.20. The van der Waals surface area contributed by atoms with Crippen molar-refractivity contribution in [2.24, 2.45) is 0 Å². The van der Waals surface area contributed by atoms with Crippen molar-refractivity contribution in [2.75, 3.05) is 7.11 Å². The van der Waals surface area contributed by atoms with E-state index in [9.17, 15) is 9.59 Å². The van der Waals surface area contributed by atoms with E-state index < -0.39 is 12.0 Å². The summed E-state index contributed by atoms with van der Waals surface area (Å²) in [5.41, 5.74) is 1.76. The van der Waals surface area contributed by atoms with Crippen LogP contribution < -0.4 is 5.32 Å². The second kappa shape index (κ2) is 6.91. The van der Waals surface area contributed by atoms with E-state index >= 15 is 0 Å². The van der Waals surface area contributed by atoms with Gasteiger partial charge in [0, 0.05) is 30.4 Å². The molecule has 0 spiro atoms. The summed E-state index contributed by atoms with van der Waals surface area (Å²) in [7, 11) is 1.32. The Balaban J connectivity index is 2.50. The fraction of sp³-hybridized carbons (Fsp3) is 0.368. The predicted octanol–water partition coefficient (Wildman–Crippen LogP) is 2.78. The van der Waals surface area contributed by atoms with Gasteiger partial charge in [-0.05, 0) is 25.5 Å². The molecule has 0 aliphatic heterocycles. The van der Waals surface area contributed by atoms with Gasteiger partial charge in [-0.15, -0.1) is 6.58 Å². The highest BCUT2D eigenvalue weighted by atomic mass is 16.5. The minimum Gasteiger partial charge on any atom is -0.467 e. The van der Waals surface area contributed by atoms with Crippen molar-refractivity contribution in [3.63, 3.8) is 0 Å². The number of esters is 1. The number of rotatable bonds is 6. The Morgan fingerprint density at radius 1 is 1.38 bits per heavy atom. The summed E-state index contributed by atoms with van der Waals surface area (Å²) in [5, 5.41) is 3.71. The highest BCUT2D eigenvalue weighted by Crippen LogP contribution is 2.29. The lowest BCUT2D eigenvalue weighted by molar-refractivity contribution is -0.144. The first-order chi connectivity index (χ1) is 11.3. The maximum atomic E-state index is 12.0. The van der Waals surface area contributed by atoms with Crippen LogP contribution in [-0.2, 0) is 26.3 Å². The average molecular weight is 328 g/mol. The van der Waals surface area contributed by atoms with Gasteiger partial charge in [-0.25, -0.2) is 4.79 Å². The standard InChI is InChI=1S/C19H24N2O3/c1-6-19(3,4)21-12-14(15-9-7-8-10-17(15)21)11-16(18(23)24-5)20-13(2)22/h6-10,12,16H,1,11H2,2-5H3,(H,20,22)/t16-/m0/s1. The lowest BCUT2D eigenvalue weighted by Crippen LogP contribution is -2.42. The van der Waals surface area contributed by atoms with Crippen LogP contribution in [0.15, 0.2) is 43.1 Å². The van der Waals surface area contributed by atoms with Crippen LogP contribution in [0.2, 0.25) is 0 Å². The van der Waals surface area contributed by atoms with Gasteiger partial charge in [0.05, 0.1) is 12.6 Å². The molecule has 5 nitrogen and oxygen atoms in total. The molecule has 0 saturated heterocycles. The van der Waals surface area contributed by atoms with E-state index in [1.807, 2.05) is 36.5 Å². The number of ether oxygens (including phenoxy) is 1. The molecule has 0 bridgehead atoms.